The Morgan fingerprint density at radius 1 is 1.21 bits per heavy atom. The van der Waals surface area contributed by atoms with Crippen LogP contribution in [0.25, 0.3) is 0 Å². The van der Waals surface area contributed by atoms with E-state index in [9.17, 15) is 4.39 Å². The number of benzene rings is 1. The summed E-state index contributed by atoms with van der Waals surface area (Å²) in [6.07, 6.45) is 4.21. The van der Waals surface area contributed by atoms with Crippen molar-refractivity contribution < 1.29 is 4.39 Å². The third-order valence-corrected chi connectivity index (χ3v) is 3.08. The van der Waals surface area contributed by atoms with Gasteiger partial charge < -0.3 is 0 Å². The summed E-state index contributed by atoms with van der Waals surface area (Å²) < 4.78 is 13.1. The van der Waals surface area contributed by atoms with E-state index < -0.39 is 0 Å². The summed E-state index contributed by atoms with van der Waals surface area (Å²) in [5.74, 6) is 5.35. The zero-order valence-electron chi connectivity index (χ0n) is 10.7. The number of hydrogen-bond donors (Lipinski definition) is 2. The maximum absolute atomic E-state index is 13.1. The van der Waals surface area contributed by atoms with Crippen LogP contribution in [-0.2, 0) is 12.8 Å². The van der Waals surface area contributed by atoms with Gasteiger partial charge >= 0.3 is 0 Å². The van der Waals surface area contributed by atoms with Crippen LogP contribution in [0, 0.1) is 5.82 Å². The number of nitrogens with one attached hydrogen (secondary N) is 1. The number of aromatic nitrogens is 1. The molecule has 2 aromatic rings. The van der Waals surface area contributed by atoms with Crippen LogP contribution in [-0.4, -0.2) is 11.0 Å². The molecule has 100 valence electrons. The molecule has 1 atom stereocenters. The van der Waals surface area contributed by atoms with E-state index in [-0.39, 0.29) is 11.9 Å². The third kappa shape index (κ3) is 4.43. The van der Waals surface area contributed by atoms with Crippen molar-refractivity contribution in [2.45, 2.75) is 25.3 Å². The predicted octanol–water partition coefficient (Wildman–Crippen LogP) is 2.23. The highest BCUT2D eigenvalue weighted by Gasteiger charge is 2.09. The SMILES string of the molecule is NNC(CCc1ccccn1)Cc1cccc(F)c1. The second-order valence-electron chi connectivity index (χ2n) is 4.56. The normalized spacial score (nSPS) is 12.3. The molecule has 3 N–H and O–H groups in total. The Balaban J connectivity index is 1.90. The van der Waals surface area contributed by atoms with E-state index >= 15 is 0 Å². The number of aryl methyl sites for hydroxylation is 1. The van der Waals surface area contributed by atoms with Crippen molar-refractivity contribution >= 4 is 0 Å². The Kier molecular flexibility index (Phi) is 5.01. The van der Waals surface area contributed by atoms with E-state index in [0.29, 0.717) is 6.42 Å². The van der Waals surface area contributed by atoms with Crippen molar-refractivity contribution in [3.8, 4) is 0 Å². The lowest BCUT2D eigenvalue weighted by Gasteiger charge is -2.15. The first-order valence-corrected chi connectivity index (χ1v) is 6.38. The number of pyridine rings is 1. The summed E-state index contributed by atoms with van der Waals surface area (Å²) in [6, 6.07) is 12.6. The van der Waals surface area contributed by atoms with Gasteiger partial charge in [0.05, 0.1) is 0 Å². The van der Waals surface area contributed by atoms with E-state index in [0.717, 1.165) is 24.1 Å². The number of rotatable bonds is 6. The standard InChI is InChI=1S/C15H18FN3/c16-13-5-3-4-12(10-13)11-15(19-17)8-7-14-6-1-2-9-18-14/h1-6,9-10,15,19H,7-8,11,17H2. The number of hydrogen-bond acceptors (Lipinski definition) is 3. The van der Waals surface area contributed by atoms with Gasteiger partial charge in [0.15, 0.2) is 0 Å². The van der Waals surface area contributed by atoms with Gasteiger partial charge in [0, 0.05) is 17.9 Å². The van der Waals surface area contributed by atoms with Gasteiger partial charge in [-0.2, -0.15) is 0 Å². The van der Waals surface area contributed by atoms with Crippen molar-refractivity contribution in [1.82, 2.24) is 10.4 Å². The van der Waals surface area contributed by atoms with Gasteiger partial charge in [-0.3, -0.25) is 16.3 Å². The van der Waals surface area contributed by atoms with Crippen LogP contribution < -0.4 is 11.3 Å². The van der Waals surface area contributed by atoms with E-state index in [4.69, 9.17) is 5.84 Å². The van der Waals surface area contributed by atoms with Gasteiger partial charge in [0.1, 0.15) is 5.82 Å². The lowest BCUT2D eigenvalue weighted by Crippen LogP contribution is -2.37. The largest absolute Gasteiger partial charge is 0.271 e. The quantitative estimate of drug-likeness (QED) is 0.618. The maximum Gasteiger partial charge on any atom is 0.123 e. The Hall–Kier alpha value is -1.78. The fourth-order valence-electron chi connectivity index (χ4n) is 2.06. The molecule has 0 radical (unpaired) electrons. The second kappa shape index (κ2) is 6.97. The molecular weight excluding hydrogens is 241 g/mol. The average molecular weight is 259 g/mol. The minimum Gasteiger partial charge on any atom is -0.271 e. The molecule has 19 heavy (non-hydrogen) atoms. The highest BCUT2D eigenvalue weighted by molar-refractivity contribution is 5.17. The molecule has 2 rings (SSSR count). The molecule has 0 fully saturated rings. The fraction of sp³-hybridized carbons (Fsp3) is 0.267. The fourth-order valence-corrected chi connectivity index (χ4v) is 2.06. The lowest BCUT2D eigenvalue weighted by molar-refractivity contribution is 0.488. The summed E-state index contributed by atoms with van der Waals surface area (Å²) in [4.78, 5) is 4.28. The zero-order chi connectivity index (χ0) is 13.5. The van der Waals surface area contributed by atoms with Gasteiger partial charge in [-0.05, 0) is 49.1 Å². The molecule has 0 saturated carbocycles. The van der Waals surface area contributed by atoms with Crippen LogP contribution in [0.4, 0.5) is 4.39 Å². The number of nitrogens with zero attached hydrogens (tertiary/aromatic N) is 1. The Labute approximate surface area is 112 Å². The second-order valence-corrected chi connectivity index (χ2v) is 4.56. The number of hydrazine groups is 1. The Morgan fingerprint density at radius 2 is 2.11 bits per heavy atom. The van der Waals surface area contributed by atoms with E-state index in [1.807, 2.05) is 24.3 Å². The first-order chi connectivity index (χ1) is 9.28. The van der Waals surface area contributed by atoms with Crippen LogP contribution in [0.5, 0.6) is 0 Å². The van der Waals surface area contributed by atoms with Gasteiger partial charge in [0.2, 0.25) is 0 Å². The van der Waals surface area contributed by atoms with Crippen molar-refractivity contribution in [2.75, 3.05) is 0 Å². The first-order valence-electron chi connectivity index (χ1n) is 6.38. The van der Waals surface area contributed by atoms with E-state index in [1.165, 1.54) is 6.07 Å². The third-order valence-electron chi connectivity index (χ3n) is 3.08. The molecule has 0 spiro atoms. The molecule has 0 aliphatic rings. The average Bonchev–Trinajstić information content (AvgIpc) is 2.44. The molecular formula is C15H18FN3. The molecule has 1 heterocycles. The Morgan fingerprint density at radius 3 is 2.79 bits per heavy atom. The minimum atomic E-state index is -0.210. The van der Waals surface area contributed by atoms with Gasteiger partial charge in [-0.1, -0.05) is 18.2 Å². The topological polar surface area (TPSA) is 50.9 Å². The minimum absolute atomic E-state index is 0.115. The molecule has 1 aromatic heterocycles. The van der Waals surface area contributed by atoms with Gasteiger partial charge in [0.25, 0.3) is 0 Å². The van der Waals surface area contributed by atoms with Crippen molar-refractivity contribution in [3.05, 3.63) is 65.7 Å². The van der Waals surface area contributed by atoms with Crippen molar-refractivity contribution in [1.29, 1.82) is 0 Å². The molecule has 4 heteroatoms. The molecule has 1 aromatic carbocycles. The Bertz CT molecular complexity index is 502. The molecule has 1 unspecified atom stereocenters. The number of nitrogens with two attached hydrogens (primary N) is 1. The summed E-state index contributed by atoms with van der Waals surface area (Å²) in [7, 11) is 0. The molecule has 0 amide bonds. The summed E-state index contributed by atoms with van der Waals surface area (Å²) in [5.41, 5.74) is 4.78. The zero-order valence-corrected chi connectivity index (χ0v) is 10.7. The van der Waals surface area contributed by atoms with Crippen LogP contribution in [0.3, 0.4) is 0 Å². The van der Waals surface area contributed by atoms with Crippen LogP contribution in [0.2, 0.25) is 0 Å². The summed E-state index contributed by atoms with van der Waals surface area (Å²) in [5, 5.41) is 0. The summed E-state index contributed by atoms with van der Waals surface area (Å²) in [6.45, 7) is 0. The first kappa shape index (κ1) is 13.6. The smallest absolute Gasteiger partial charge is 0.123 e. The van der Waals surface area contributed by atoms with E-state index in [1.54, 1.807) is 18.3 Å². The number of halogens is 1. The molecule has 0 bridgehead atoms. The van der Waals surface area contributed by atoms with Crippen LogP contribution in [0.1, 0.15) is 17.7 Å². The summed E-state index contributed by atoms with van der Waals surface area (Å²) >= 11 is 0. The van der Waals surface area contributed by atoms with Gasteiger partial charge in [-0.25, -0.2) is 4.39 Å². The van der Waals surface area contributed by atoms with E-state index in [2.05, 4.69) is 10.4 Å². The highest BCUT2D eigenvalue weighted by Crippen LogP contribution is 2.10. The lowest BCUT2D eigenvalue weighted by atomic mass is 10.0. The molecule has 0 aliphatic heterocycles. The highest BCUT2D eigenvalue weighted by atomic mass is 19.1. The van der Waals surface area contributed by atoms with Crippen molar-refractivity contribution in [2.24, 2.45) is 5.84 Å². The van der Waals surface area contributed by atoms with Crippen molar-refractivity contribution in [3.63, 3.8) is 0 Å². The van der Waals surface area contributed by atoms with Gasteiger partial charge in [-0.15, -0.1) is 0 Å². The maximum atomic E-state index is 13.1. The van der Waals surface area contributed by atoms with Crippen LogP contribution in [0.15, 0.2) is 48.7 Å². The predicted molar refractivity (Wildman–Crippen MR) is 73.8 cm³/mol. The van der Waals surface area contributed by atoms with Crippen LogP contribution >= 0.6 is 0 Å². The molecule has 0 saturated heterocycles. The molecule has 0 aliphatic carbocycles. The monoisotopic (exact) mass is 259 g/mol. The molecule has 3 nitrogen and oxygen atoms in total.